The van der Waals surface area contributed by atoms with E-state index < -0.39 is 0 Å². The average Bonchev–Trinajstić information content (AvgIpc) is 2.26. The third-order valence-corrected chi connectivity index (χ3v) is 3.38. The van der Waals surface area contributed by atoms with Crippen LogP contribution in [0.3, 0.4) is 0 Å². The molecule has 0 unspecified atom stereocenters. The minimum atomic E-state index is -0.0221. The second kappa shape index (κ2) is 3.69. The Hall–Kier alpha value is -0.530. The van der Waals surface area contributed by atoms with Crippen LogP contribution in [0.2, 0.25) is 0 Å². The molecule has 0 N–H and O–H groups in total. The minimum absolute atomic E-state index is 0.0201. The summed E-state index contributed by atoms with van der Waals surface area (Å²) in [5.74, 6) is 0.0282. The van der Waals surface area contributed by atoms with Crippen LogP contribution < -0.4 is 0 Å². The van der Waals surface area contributed by atoms with Crippen LogP contribution in [0.5, 0.6) is 0 Å². The van der Waals surface area contributed by atoms with Crippen molar-refractivity contribution in [2.75, 3.05) is 0 Å². The van der Waals surface area contributed by atoms with Gasteiger partial charge in [0.1, 0.15) is 6.10 Å². The smallest absolute Gasteiger partial charge is 0.309 e. The number of esters is 1. The molecule has 0 bridgehead atoms. The van der Waals surface area contributed by atoms with Gasteiger partial charge in [-0.05, 0) is 6.42 Å². The SMILES string of the molecule is CCCC[C@H]1OC(=O)[C@H](C)C1(C)C. The highest BCUT2D eigenvalue weighted by Gasteiger charge is 2.47. The van der Waals surface area contributed by atoms with Crippen LogP contribution in [-0.2, 0) is 9.53 Å². The van der Waals surface area contributed by atoms with E-state index in [2.05, 4.69) is 20.8 Å². The molecular weight excluding hydrogens is 164 g/mol. The highest BCUT2D eigenvalue weighted by molar-refractivity contribution is 5.75. The van der Waals surface area contributed by atoms with Crippen LogP contribution in [-0.4, -0.2) is 12.1 Å². The summed E-state index contributed by atoms with van der Waals surface area (Å²) in [7, 11) is 0. The first-order valence-electron chi connectivity index (χ1n) is 5.20. The van der Waals surface area contributed by atoms with E-state index >= 15 is 0 Å². The summed E-state index contributed by atoms with van der Waals surface area (Å²) < 4.78 is 5.35. The molecule has 1 heterocycles. The molecule has 0 saturated carbocycles. The molecule has 0 amide bonds. The number of carbonyl (C=O) groups excluding carboxylic acids is 1. The van der Waals surface area contributed by atoms with Gasteiger partial charge < -0.3 is 4.74 Å². The van der Waals surface area contributed by atoms with Gasteiger partial charge in [-0.25, -0.2) is 0 Å². The van der Waals surface area contributed by atoms with E-state index in [1.807, 2.05) is 6.92 Å². The van der Waals surface area contributed by atoms with E-state index in [1.54, 1.807) is 0 Å². The number of cyclic esters (lactones) is 1. The maximum atomic E-state index is 11.3. The molecule has 76 valence electrons. The molecule has 1 saturated heterocycles. The fraction of sp³-hybridized carbons (Fsp3) is 0.909. The van der Waals surface area contributed by atoms with Crippen molar-refractivity contribution in [2.24, 2.45) is 11.3 Å². The van der Waals surface area contributed by atoms with Crippen LogP contribution >= 0.6 is 0 Å². The normalized spacial score (nSPS) is 31.8. The summed E-state index contributed by atoms with van der Waals surface area (Å²) in [6, 6.07) is 0. The van der Waals surface area contributed by atoms with Crippen LogP contribution in [0.1, 0.15) is 47.0 Å². The first kappa shape index (κ1) is 10.6. The quantitative estimate of drug-likeness (QED) is 0.630. The van der Waals surface area contributed by atoms with Crippen molar-refractivity contribution in [1.29, 1.82) is 0 Å². The highest BCUT2D eigenvalue weighted by Crippen LogP contribution is 2.41. The standard InChI is InChI=1S/C11H20O2/c1-5-6-7-9-11(3,4)8(2)10(12)13-9/h8-9H,5-7H2,1-4H3/t8-,9+/m0/s1. The monoisotopic (exact) mass is 184 g/mol. The van der Waals surface area contributed by atoms with Gasteiger partial charge in [0, 0.05) is 5.41 Å². The van der Waals surface area contributed by atoms with Gasteiger partial charge in [-0.2, -0.15) is 0 Å². The molecule has 0 spiro atoms. The third kappa shape index (κ3) is 1.87. The van der Waals surface area contributed by atoms with Gasteiger partial charge in [0.05, 0.1) is 5.92 Å². The molecule has 2 nitrogen and oxygen atoms in total. The lowest BCUT2D eigenvalue weighted by Crippen LogP contribution is -2.28. The fourth-order valence-electron chi connectivity index (χ4n) is 1.80. The van der Waals surface area contributed by atoms with E-state index in [4.69, 9.17) is 4.74 Å². The second-order valence-corrected chi connectivity index (χ2v) is 4.61. The number of unbranched alkanes of at least 4 members (excludes halogenated alkanes) is 1. The van der Waals surface area contributed by atoms with Gasteiger partial charge in [0.15, 0.2) is 0 Å². The Labute approximate surface area is 80.7 Å². The van der Waals surface area contributed by atoms with Gasteiger partial charge in [0.25, 0.3) is 0 Å². The number of hydrogen-bond acceptors (Lipinski definition) is 2. The number of rotatable bonds is 3. The summed E-state index contributed by atoms with van der Waals surface area (Å²) >= 11 is 0. The lowest BCUT2D eigenvalue weighted by atomic mass is 9.76. The summed E-state index contributed by atoms with van der Waals surface area (Å²) in [4.78, 5) is 11.3. The van der Waals surface area contributed by atoms with Gasteiger partial charge >= 0.3 is 5.97 Å². The first-order chi connectivity index (χ1) is 6.00. The van der Waals surface area contributed by atoms with Crippen molar-refractivity contribution < 1.29 is 9.53 Å². The summed E-state index contributed by atoms with van der Waals surface area (Å²) in [5, 5.41) is 0. The van der Waals surface area contributed by atoms with Crippen molar-refractivity contribution in [3.63, 3.8) is 0 Å². The maximum absolute atomic E-state index is 11.3. The lowest BCUT2D eigenvalue weighted by molar-refractivity contribution is -0.144. The molecule has 2 heteroatoms. The minimum Gasteiger partial charge on any atom is -0.462 e. The van der Waals surface area contributed by atoms with E-state index in [1.165, 1.54) is 6.42 Å². The predicted molar refractivity (Wildman–Crippen MR) is 52.4 cm³/mol. The van der Waals surface area contributed by atoms with Gasteiger partial charge in [-0.1, -0.05) is 40.5 Å². The Bertz CT molecular complexity index is 196. The highest BCUT2D eigenvalue weighted by atomic mass is 16.6. The van der Waals surface area contributed by atoms with E-state index in [-0.39, 0.29) is 23.4 Å². The average molecular weight is 184 g/mol. The largest absolute Gasteiger partial charge is 0.462 e. The second-order valence-electron chi connectivity index (χ2n) is 4.61. The summed E-state index contributed by atoms with van der Waals surface area (Å²) in [5.41, 5.74) is 0.0201. The molecule has 13 heavy (non-hydrogen) atoms. The van der Waals surface area contributed by atoms with Crippen molar-refractivity contribution in [2.45, 2.75) is 53.1 Å². The van der Waals surface area contributed by atoms with Gasteiger partial charge in [0.2, 0.25) is 0 Å². The molecule has 1 rings (SSSR count). The van der Waals surface area contributed by atoms with Crippen LogP contribution in [0, 0.1) is 11.3 Å². The van der Waals surface area contributed by atoms with Crippen molar-refractivity contribution >= 4 is 5.97 Å². The molecule has 0 aromatic rings. The Morgan fingerprint density at radius 3 is 2.46 bits per heavy atom. The Morgan fingerprint density at radius 1 is 1.46 bits per heavy atom. The molecule has 1 aliphatic rings. The van der Waals surface area contributed by atoms with Crippen LogP contribution in [0.4, 0.5) is 0 Å². The molecule has 0 aromatic heterocycles. The Morgan fingerprint density at radius 2 is 2.08 bits per heavy atom. The van der Waals surface area contributed by atoms with Crippen molar-refractivity contribution in [1.82, 2.24) is 0 Å². The molecule has 0 aromatic carbocycles. The van der Waals surface area contributed by atoms with Crippen LogP contribution in [0.15, 0.2) is 0 Å². The number of carbonyl (C=O) groups is 1. The molecule has 1 aliphatic heterocycles. The first-order valence-corrected chi connectivity index (χ1v) is 5.20. The van der Waals surface area contributed by atoms with E-state index in [9.17, 15) is 4.79 Å². The van der Waals surface area contributed by atoms with Crippen molar-refractivity contribution in [3.8, 4) is 0 Å². The molecular formula is C11H20O2. The number of hydrogen-bond donors (Lipinski definition) is 0. The summed E-state index contributed by atoms with van der Waals surface area (Å²) in [6.07, 6.45) is 3.46. The maximum Gasteiger partial charge on any atom is 0.309 e. The Kier molecular flexibility index (Phi) is 2.99. The lowest BCUT2D eigenvalue weighted by Gasteiger charge is -2.26. The fourth-order valence-corrected chi connectivity index (χ4v) is 1.80. The zero-order valence-electron chi connectivity index (χ0n) is 9.09. The van der Waals surface area contributed by atoms with Gasteiger partial charge in [-0.15, -0.1) is 0 Å². The molecule has 1 fully saturated rings. The summed E-state index contributed by atoms with van der Waals surface area (Å²) in [6.45, 7) is 8.38. The number of ether oxygens (including phenoxy) is 1. The predicted octanol–water partition coefficient (Wildman–Crippen LogP) is 2.76. The van der Waals surface area contributed by atoms with Crippen LogP contribution in [0.25, 0.3) is 0 Å². The zero-order valence-corrected chi connectivity index (χ0v) is 9.09. The zero-order chi connectivity index (χ0) is 10.1. The van der Waals surface area contributed by atoms with Gasteiger partial charge in [-0.3, -0.25) is 4.79 Å². The molecule has 0 aliphatic carbocycles. The van der Waals surface area contributed by atoms with E-state index in [0.29, 0.717) is 0 Å². The molecule has 2 atom stereocenters. The third-order valence-electron chi connectivity index (χ3n) is 3.38. The van der Waals surface area contributed by atoms with E-state index in [0.717, 1.165) is 12.8 Å². The Balaban J connectivity index is 2.61. The molecule has 0 radical (unpaired) electrons. The topological polar surface area (TPSA) is 26.3 Å². The van der Waals surface area contributed by atoms with Crippen molar-refractivity contribution in [3.05, 3.63) is 0 Å².